The number of hydrogen-bond acceptors (Lipinski definition) is 2. The zero-order valence-corrected chi connectivity index (χ0v) is 7.28. The van der Waals surface area contributed by atoms with E-state index in [1.54, 1.807) is 6.07 Å². The Hall–Kier alpha value is -1.49. The van der Waals surface area contributed by atoms with Crippen LogP contribution in [0.4, 0.5) is 8.78 Å². The largest absolute Gasteiger partial charge is 0.368 e. The minimum Gasteiger partial charge on any atom is -0.368 e. The first-order chi connectivity index (χ1) is 6.46. The summed E-state index contributed by atoms with van der Waals surface area (Å²) in [6.07, 6.45) is 0. The second kappa shape index (κ2) is 3.71. The Morgan fingerprint density at radius 1 is 1.29 bits per heavy atom. The molecular formula is C9H10F2N2O. The molecule has 5 heteroatoms. The lowest BCUT2D eigenvalue weighted by molar-refractivity contribution is -0.129. The van der Waals surface area contributed by atoms with Gasteiger partial charge in [-0.15, -0.1) is 0 Å². The highest BCUT2D eigenvalue weighted by Crippen LogP contribution is 2.30. The van der Waals surface area contributed by atoms with Gasteiger partial charge in [-0.3, -0.25) is 4.79 Å². The van der Waals surface area contributed by atoms with Crippen molar-refractivity contribution in [3.05, 3.63) is 35.9 Å². The molecule has 0 unspecified atom stereocenters. The van der Waals surface area contributed by atoms with Gasteiger partial charge in [0.25, 0.3) is 5.92 Å². The number of alkyl halides is 2. The lowest BCUT2D eigenvalue weighted by Crippen LogP contribution is -2.48. The SMILES string of the molecule is NC(=O)[C@H](N)C(F)(F)c1ccccc1. The van der Waals surface area contributed by atoms with Gasteiger partial charge in [-0.05, 0) is 0 Å². The molecule has 1 atom stereocenters. The molecule has 0 saturated carbocycles. The van der Waals surface area contributed by atoms with Gasteiger partial charge in [-0.1, -0.05) is 30.3 Å². The normalized spacial score (nSPS) is 13.6. The summed E-state index contributed by atoms with van der Waals surface area (Å²) in [4.78, 5) is 10.5. The van der Waals surface area contributed by atoms with Gasteiger partial charge < -0.3 is 11.5 Å². The van der Waals surface area contributed by atoms with Crippen LogP contribution in [0.5, 0.6) is 0 Å². The van der Waals surface area contributed by atoms with Gasteiger partial charge in [-0.25, -0.2) is 0 Å². The molecule has 1 rings (SSSR count). The number of rotatable bonds is 3. The summed E-state index contributed by atoms with van der Waals surface area (Å²) in [5.74, 6) is -4.65. The van der Waals surface area contributed by atoms with E-state index in [-0.39, 0.29) is 5.56 Å². The van der Waals surface area contributed by atoms with Crippen LogP contribution in [0.3, 0.4) is 0 Å². The van der Waals surface area contributed by atoms with E-state index in [0.717, 1.165) is 0 Å². The van der Waals surface area contributed by atoms with Gasteiger partial charge in [0.15, 0.2) is 6.04 Å². The Morgan fingerprint density at radius 2 is 1.79 bits per heavy atom. The molecule has 1 amide bonds. The van der Waals surface area contributed by atoms with Gasteiger partial charge in [0.2, 0.25) is 5.91 Å². The molecule has 14 heavy (non-hydrogen) atoms. The lowest BCUT2D eigenvalue weighted by atomic mass is 10.0. The summed E-state index contributed by atoms with van der Waals surface area (Å²) in [6, 6.07) is 4.87. The molecule has 0 aliphatic heterocycles. The molecule has 0 aromatic heterocycles. The summed E-state index contributed by atoms with van der Waals surface area (Å²) in [5, 5.41) is 0. The average Bonchev–Trinajstić information content (AvgIpc) is 2.18. The van der Waals surface area contributed by atoms with Crippen molar-refractivity contribution >= 4 is 5.91 Å². The number of primary amides is 1. The maximum atomic E-state index is 13.4. The maximum absolute atomic E-state index is 13.4. The average molecular weight is 200 g/mol. The minimum atomic E-state index is -3.42. The Morgan fingerprint density at radius 3 is 2.21 bits per heavy atom. The molecule has 3 nitrogen and oxygen atoms in total. The number of halogens is 2. The molecule has 0 saturated heterocycles. The van der Waals surface area contributed by atoms with E-state index in [0.29, 0.717) is 0 Å². The smallest absolute Gasteiger partial charge is 0.296 e. The lowest BCUT2D eigenvalue weighted by Gasteiger charge is -2.20. The third kappa shape index (κ3) is 1.88. The zero-order valence-electron chi connectivity index (χ0n) is 7.28. The second-order valence-electron chi connectivity index (χ2n) is 2.87. The number of benzene rings is 1. The van der Waals surface area contributed by atoms with Gasteiger partial charge in [0.05, 0.1) is 0 Å². The number of hydrogen-bond donors (Lipinski definition) is 2. The summed E-state index contributed by atoms with van der Waals surface area (Å²) in [6.45, 7) is 0. The van der Waals surface area contributed by atoms with Crippen molar-refractivity contribution in [2.45, 2.75) is 12.0 Å². The highest BCUT2D eigenvalue weighted by atomic mass is 19.3. The van der Waals surface area contributed by atoms with Crippen molar-refractivity contribution in [2.75, 3.05) is 0 Å². The van der Waals surface area contributed by atoms with Crippen LogP contribution in [-0.2, 0) is 10.7 Å². The van der Waals surface area contributed by atoms with Crippen LogP contribution in [0.1, 0.15) is 5.56 Å². The van der Waals surface area contributed by atoms with E-state index >= 15 is 0 Å². The quantitative estimate of drug-likeness (QED) is 0.749. The van der Waals surface area contributed by atoms with E-state index in [2.05, 4.69) is 0 Å². The van der Waals surface area contributed by atoms with Crippen LogP contribution in [0.15, 0.2) is 30.3 Å². The number of amides is 1. The molecule has 4 N–H and O–H groups in total. The van der Waals surface area contributed by atoms with Gasteiger partial charge in [0.1, 0.15) is 0 Å². The molecule has 1 aromatic carbocycles. The van der Waals surface area contributed by atoms with Crippen molar-refractivity contribution < 1.29 is 13.6 Å². The topological polar surface area (TPSA) is 69.1 Å². The highest BCUT2D eigenvalue weighted by molar-refractivity contribution is 5.81. The Labute approximate surface area is 79.7 Å². The number of nitrogens with two attached hydrogens (primary N) is 2. The molecule has 0 radical (unpaired) electrons. The van der Waals surface area contributed by atoms with Gasteiger partial charge in [-0.2, -0.15) is 8.78 Å². The van der Waals surface area contributed by atoms with Crippen molar-refractivity contribution in [1.29, 1.82) is 0 Å². The molecule has 0 aliphatic carbocycles. The van der Waals surface area contributed by atoms with Gasteiger partial charge in [0, 0.05) is 5.56 Å². The van der Waals surface area contributed by atoms with Crippen LogP contribution in [0.25, 0.3) is 0 Å². The van der Waals surface area contributed by atoms with Crippen molar-refractivity contribution in [2.24, 2.45) is 11.5 Å². The Kier molecular flexibility index (Phi) is 2.81. The molecule has 0 heterocycles. The Balaban J connectivity index is 3.02. The van der Waals surface area contributed by atoms with Crippen LogP contribution >= 0.6 is 0 Å². The molecule has 76 valence electrons. The van der Waals surface area contributed by atoms with Crippen molar-refractivity contribution in [3.8, 4) is 0 Å². The molecule has 0 aliphatic rings. The number of carbonyl (C=O) groups excluding carboxylic acids is 1. The van der Waals surface area contributed by atoms with Crippen LogP contribution in [0, 0.1) is 0 Å². The van der Waals surface area contributed by atoms with Crippen LogP contribution in [0.2, 0.25) is 0 Å². The summed E-state index contributed by atoms with van der Waals surface area (Å²) >= 11 is 0. The third-order valence-corrected chi connectivity index (χ3v) is 1.86. The van der Waals surface area contributed by atoms with E-state index < -0.39 is 17.9 Å². The summed E-state index contributed by atoms with van der Waals surface area (Å²) in [7, 11) is 0. The third-order valence-electron chi connectivity index (χ3n) is 1.86. The van der Waals surface area contributed by atoms with Crippen LogP contribution < -0.4 is 11.5 Å². The first-order valence-corrected chi connectivity index (χ1v) is 3.94. The second-order valence-corrected chi connectivity index (χ2v) is 2.87. The monoisotopic (exact) mass is 200 g/mol. The molecule has 1 aromatic rings. The van der Waals surface area contributed by atoms with E-state index in [1.807, 2.05) is 0 Å². The fraction of sp³-hybridized carbons (Fsp3) is 0.222. The predicted octanol–water partition coefficient (Wildman–Crippen LogP) is 0.591. The fourth-order valence-corrected chi connectivity index (χ4v) is 1.02. The summed E-state index contributed by atoms with van der Waals surface area (Å²) in [5.41, 5.74) is 9.40. The van der Waals surface area contributed by atoms with E-state index in [4.69, 9.17) is 11.5 Å². The van der Waals surface area contributed by atoms with Crippen molar-refractivity contribution in [3.63, 3.8) is 0 Å². The van der Waals surface area contributed by atoms with Crippen LogP contribution in [-0.4, -0.2) is 11.9 Å². The van der Waals surface area contributed by atoms with E-state index in [1.165, 1.54) is 24.3 Å². The first kappa shape index (κ1) is 10.6. The van der Waals surface area contributed by atoms with Gasteiger partial charge >= 0.3 is 0 Å². The molecule has 0 bridgehead atoms. The summed E-state index contributed by atoms with van der Waals surface area (Å²) < 4.78 is 26.7. The zero-order chi connectivity index (χ0) is 10.8. The Bertz CT molecular complexity index is 327. The fourth-order valence-electron chi connectivity index (χ4n) is 1.02. The molecular weight excluding hydrogens is 190 g/mol. The molecule has 0 spiro atoms. The number of carbonyl (C=O) groups is 1. The molecule has 0 fully saturated rings. The predicted molar refractivity (Wildman–Crippen MR) is 47.5 cm³/mol. The van der Waals surface area contributed by atoms with Crippen molar-refractivity contribution in [1.82, 2.24) is 0 Å². The minimum absolute atomic E-state index is 0.314. The highest BCUT2D eigenvalue weighted by Gasteiger charge is 2.42. The standard InChI is InChI=1S/C9H10F2N2O/c10-9(11,7(12)8(13)14)6-4-2-1-3-5-6/h1-5,7H,12H2,(H2,13,14)/t7-/m0/s1. The maximum Gasteiger partial charge on any atom is 0.296 e. The first-order valence-electron chi connectivity index (χ1n) is 3.94. The van der Waals surface area contributed by atoms with E-state index in [9.17, 15) is 13.6 Å².